The van der Waals surface area contributed by atoms with Crippen molar-refractivity contribution in [3.8, 4) is 0 Å². The summed E-state index contributed by atoms with van der Waals surface area (Å²) in [6.45, 7) is -0.542. The van der Waals surface area contributed by atoms with Gasteiger partial charge in [-0.3, -0.25) is 4.79 Å². The number of esters is 1. The SMILES string of the molecule is O=C(COC(=O)c1cc2ccccc2[nH]1)Nc1cc(Cl)ccc1F. The van der Waals surface area contributed by atoms with Crippen molar-refractivity contribution in [1.29, 1.82) is 0 Å². The molecule has 0 saturated carbocycles. The molecule has 3 aromatic rings. The van der Waals surface area contributed by atoms with Gasteiger partial charge in [0.2, 0.25) is 0 Å². The summed E-state index contributed by atoms with van der Waals surface area (Å²) in [6, 6.07) is 12.7. The fourth-order valence-corrected chi connectivity index (χ4v) is 2.34. The fraction of sp³-hybridized carbons (Fsp3) is 0.0588. The maximum atomic E-state index is 13.5. The number of aromatic amines is 1. The summed E-state index contributed by atoms with van der Waals surface area (Å²) in [5, 5.41) is 3.43. The highest BCUT2D eigenvalue weighted by molar-refractivity contribution is 6.30. The Hall–Kier alpha value is -2.86. The third-order valence-electron chi connectivity index (χ3n) is 3.29. The van der Waals surface area contributed by atoms with Gasteiger partial charge < -0.3 is 15.0 Å². The van der Waals surface area contributed by atoms with Gasteiger partial charge in [-0.05, 0) is 30.3 Å². The van der Waals surface area contributed by atoms with Crippen molar-refractivity contribution >= 4 is 40.1 Å². The van der Waals surface area contributed by atoms with E-state index in [9.17, 15) is 14.0 Å². The molecule has 1 heterocycles. The number of nitrogens with one attached hydrogen (secondary N) is 2. The second-order valence-corrected chi connectivity index (χ2v) is 5.46. The van der Waals surface area contributed by atoms with Gasteiger partial charge in [-0.2, -0.15) is 0 Å². The van der Waals surface area contributed by atoms with E-state index in [0.29, 0.717) is 0 Å². The van der Waals surface area contributed by atoms with Crippen molar-refractivity contribution in [2.45, 2.75) is 0 Å². The highest BCUT2D eigenvalue weighted by Crippen LogP contribution is 2.19. The van der Waals surface area contributed by atoms with Crippen LogP contribution in [0.2, 0.25) is 5.02 Å². The van der Waals surface area contributed by atoms with Crippen LogP contribution in [-0.2, 0) is 9.53 Å². The minimum absolute atomic E-state index is 0.0749. The highest BCUT2D eigenvalue weighted by Gasteiger charge is 2.14. The van der Waals surface area contributed by atoms with E-state index in [1.165, 1.54) is 12.1 Å². The molecule has 1 aromatic heterocycles. The topological polar surface area (TPSA) is 71.2 Å². The standard InChI is InChI=1S/C17H12ClFN2O3/c18-11-5-6-12(19)14(8-11)21-16(22)9-24-17(23)15-7-10-3-1-2-4-13(10)20-15/h1-8,20H,9H2,(H,21,22). The van der Waals surface area contributed by atoms with Gasteiger partial charge >= 0.3 is 5.97 Å². The van der Waals surface area contributed by atoms with E-state index in [1.807, 2.05) is 24.3 Å². The van der Waals surface area contributed by atoms with Crippen molar-refractivity contribution in [2.24, 2.45) is 0 Å². The maximum Gasteiger partial charge on any atom is 0.355 e. The lowest BCUT2D eigenvalue weighted by Crippen LogP contribution is -2.21. The Bertz CT molecular complexity index is 890. The van der Waals surface area contributed by atoms with Gasteiger partial charge in [0.25, 0.3) is 5.91 Å². The van der Waals surface area contributed by atoms with Crippen LogP contribution < -0.4 is 5.32 Å². The van der Waals surface area contributed by atoms with Crippen molar-refractivity contribution in [1.82, 2.24) is 4.98 Å². The first kappa shape index (κ1) is 16.0. The predicted molar refractivity (Wildman–Crippen MR) is 88.6 cm³/mol. The number of ether oxygens (including phenoxy) is 1. The maximum absolute atomic E-state index is 13.5. The van der Waals surface area contributed by atoms with Gasteiger partial charge in [0.15, 0.2) is 6.61 Å². The Morgan fingerprint density at radius 3 is 2.75 bits per heavy atom. The summed E-state index contributed by atoms with van der Waals surface area (Å²) in [7, 11) is 0. The van der Waals surface area contributed by atoms with Crippen LogP contribution in [0.15, 0.2) is 48.5 Å². The fourth-order valence-electron chi connectivity index (χ4n) is 2.17. The van der Waals surface area contributed by atoms with Crippen molar-refractivity contribution in [2.75, 3.05) is 11.9 Å². The third kappa shape index (κ3) is 3.55. The second-order valence-electron chi connectivity index (χ2n) is 5.02. The average Bonchev–Trinajstić information content (AvgIpc) is 3.00. The van der Waals surface area contributed by atoms with Gasteiger partial charge in [0, 0.05) is 15.9 Å². The molecule has 0 unspecified atom stereocenters. The van der Waals surface area contributed by atoms with E-state index in [4.69, 9.17) is 16.3 Å². The molecule has 0 bridgehead atoms. The molecule has 1 amide bonds. The van der Waals surface area contributed by atoms with Gasteiger partial charge in [0.1, 0.15) is 11.5 Å². The van der Waals surface area contributed by atoms with Crippen LogP contribution in [-0.4, -0.2) is 23.5 Å². The number of aromatic nitrogens is 1. The zero-order chi connectivity index (χ0) is 17.1. The molecule has 0 fully saturated rings. The summed E-state index contributed by atoms with van der Waals surface area (Å²) in [6.07, 6.45) is 0. The first-order chi connectivity index (χ1) is 11.5. The van der Waals surface area contributed by atoms with Crippen LogP contribution in [0.1, 0.15) is 10.5 Å². The number of halogens is 2. The largest absolute Gasteiger partial charge is 0.451 e. The molecule has 0 aliphatic rings. The molecular weight excluding hydrogens is 335 g/mol. The molecule has 7 heteroatoms. The van der Waals surface area contributed by atoms with Crippen LogP contribution in [0.3, 0.4) is 0 Å². The smallest absolute Gasteiger partial charge is 0.355 e. The van der Waals surface area contributed by atoms with E-state index < -0.39 is 24.3 Å². The summed E-state index contributed by atoms with van der Waals surface area (Å²) in [5.74, 6) is -1.97. The first-order valence-electron chi connectivity index (χ1n) is 7.03. The number of H-pyrrole nitrogens is 1. The predicted octanol–water partition coefficient (Wildman–Crippen LogP) is 3.76. The molecule has 122 valence electrons. The van der Waals surface area contributed by atoms with E-state index in [2.05, 4.69) is 10.3 Å². The quantitative estimate of drug-likeness (QED) is 0.707. The molecule has 2 aromatic carbocycles. The molecule has 0 saturated heterocycles. The van der Waals surface area contributed by atoms with Crippen LogP contribution in [0.5, 0.6) is 0 Å². The number of carbonyl (C=O) groups is 2. The zero-order valence-electron chi connectivity index (χ0n) is 12.3. The van der Waals surface area contributed by atoms with Gasteiger partial charge in [-0.25, -0.2) is 9.18 Å². The lowest BCUT2D eigenvalue weighted by Gasteiger charge is -2.07. The number of para-hydroxylation sites is 1. The lowest BCUT2D eigenvalue weighted by molar-refractivity contribution is -0.119. The zero-order valence-corrected chi connectivity index (χ0v) is 13.1. The number of benzene rings is 2. The minimum Gasteiger partial charge on any atom is -0.451 e. The monoisotopic (exact) mass is 346 g/mol. The molecule has 3 rings (SSSR count). The van der Waals surface area contributed by atoms with Gasteiger partial charge in [-0.1, -0.05) is 29.8 Å². The number of rotatable bonds is 4. The Morgan fingerprint density at radius 1 is 1.17 bits per heavy atom. The lowest BCUT2D eigenvalue weighted by atomic mass is 10.2. The molecule has 0 aliphatic carbocycles. The van der Waals surface area contributed by atoms with Crippen molar-refractivity contribution in [3.05, 3.63) is 65.1 Å². The van der Waals surface area contributed by atoms with Crippen LogP contribution in [0.25, 0.3) is 10.9 Å². The Balaban J connectivity index is 1.61. The number of hydrogen-bond acceptors (Lipinski definition) is 3. The second kappa shape index (κ2) is 6.72. The Labute approximate surface area is 141 Å². The molecule has 0 atom stereocenters. The van der Waals surface area contributed by atoms with E-state index in [1.54, 1.807) is 6.07 Å². The number of hydrogen-bond donors (Lipinski definition) is 2. The van der Waals surface area contributed by atoms with E-state index in [-0.39, 0.29) is 16.4 Å². The van der Waals surface area contributed by atoms with Crippen molar-refractivity contribution in [3.63, 3.8) is 0 Å². The summed E-state index contributed by atoms with van der Waals surface area (Å²) >= 11 is 5.74. The van der Waals surface area contributed by atoms with E-state index in [0.717, 1.165) is 17.0 Å². The molecule has 5 nitrogen and oxygen atoms in total. The highest BCUT2D eigenvalue weighted by atomic mass is 35.5. The summed E-state index contributed by atoms with van der Waals surface area (Å²) < 4.78 is 18.4. The third-order valence-corrected chi connectivity index (χ3v) is 3.52. The normalized spacial score (nSPS) is 10.6. The number of carbonyl (C=O) groups excluding carboxylic acids is 2. The Kier molecular flexibility index (Phi) is 4.48. The number of amides is 1. The molecule has 0 radical (unpaired) electrons. The van der Waals surface area contributed by atoms with Crippen molar-refractivity contribution < 1.29 is 18.7 Å². The first-order valence-corrected chi connectivity index (χ1v) is 7.40. The molecule has 0 spiro atoms. The summed E-state index contributed by atoms with van der Waals surface area (Å²) in [5.41, 5.74) is 0.946. The average molecular weight is 347 g/mol. The summed E-state index contributed by atoms with van der Waals surface area (Å²) in [4.78, 5) is 26.6. The molecular formula is C17H12ClFN2O3. The molecule has 2 N–H and O–H groups in total. The van der Waals surface area contributed by atoms with E-state index >= 15 is 0 Å². The molecule has 24 heavy (non-hydrogen) atoms. The number of anilines is 1. The van der Waals surface area contributed by atoms with Gasteiger partial charge in [0.05, 0.1) is 5.69 Å². The molecule has 0 aliphatic heterocycles. The van der Waals surface area contributed by atoms with Crippen LogP contribution >= 0.6 is 11.6 Å². The number of fused-ring (bicyclic) bond motifs is 1. The Morgan fingerprint density at radius 2 is 1.96 bits per heavy atom. The van der Waals surface area contributed by atoms with Crippen LogP contribution in [0, 0.1) is 5.82 Å². The van der Waals surface area contributed by atoms with Crippen LogP contribution in [0.4, 0.5) is 10.1 Å². The van der Waals surface area contributed by atoms with Gasteiger partial charge in [-0.15, -0.1) is 0 Å². The minimum atomic E-state index is -0.673.